The normalized spacial score (nSPS) is 11.0. The summed E-state index contributed by atoms with van der Waals surface area (Å²) in [6.45, 7) is 1.93. The Morgan fingerprint density at radius 2 is 1.96 bits per heavy atom. The molecule has 2 heterocycles. The standard InChI is InChI=1S/C19H15N3O2/c1-12-9-10-13-5-4-7-15(19(13)20-12)21-18(23)11-16-14-6-2-3-8-17(14)24-22-16/h2-10H,11H2,1H3,(H,21,23). The smallest absolute Gasteiger partial charge is 0.230 e. The average molecular weight is 317 g/mol. The predicted octanol–water partition coefficient (Wildman–Crippen LogP) is 3.87. The highest BCUT2D eigenvalue weighted by atomic mass is 16.5. The number of amides is 1. The van der Waals surface area contributed by atoms with Gasteiger partial charge in [-0.15, -0.1) is 0 Å². The van der Waals surface area contributed by atoms with Crippen molar-refractivity contribution in [1.82, 2.24) is 10.1 Å². The lowest BCUT2D eigenvalue weighted by molar-refractivity contribution is -0.115. The molecular formula is C19H15N3O2. The summed E-state index contributed by atoms with van der Waals surface area (Å²) in [5, 5.41) is 8.79. The van der Waals surface area contributed by atoms with Crippen LogP contribution in [0.25, 0.3) is 21.9 Å². The van der Waals surface area contributed by atoms with Gasteiger partial charge in [0.05, 0.1) is 17.6 Å². The van der Waals surface area contributed by atoms with E-state index in [9.17, 15) is 4.79 Å². The molecular weight excluding hydrogens is 302 g/mol. The number of para-hydroxylation sites is 2. The fraction of sp³-hybridized carbons (Fsp3) is 0.105. The molecule has 0 unspecified atom stereocenters. The number of aryl methyl sites for hydroxylation is 1. The van der Waals surface area contributed by atoms with Gasteiger partial charge in [-0.3, -0.25) is 9.78 Å². The fourth-order valence-corrected chi connectivity index (χ4v) is 2.76. The van der Waals surface area contributed by atoms with Gasteiger partial charge in [-0.25, -0.2) is 0 Å². The first-order valence-electron chi connectivity index (χ1n) is 7.70. The van der Waals surface area contributed by atoms with Crippen molar-refractivity contribution in [2.75, 3.05) is 5.32 Å². The molecule has 0 bridgehead atoms. The highest BCUT2D eigenvalue weighted by Gasteiger charge is 2.13. The number of carbonyl (C=O) groups is 1. The van der Waals surface area contributed by atoms with Gasteiger partial charge in [0, 0.05) is 16.5 Å². The molecule has 5 nitrogen and oxygen atoms in total. The molecule has 0 saturated heterocycles. The van der Waals surface area contributed by atoms with Gasteiger partial charge in [0.2, 0.25) is 5.91 Å². The second kappa shape index (κ2) is 5.77. The molecule has 0 aliphatic heterocycles. The summed E-state index contributed by atoms with van der Waals surface area (Å²) in [7, 11) is 0. The molecule has 4 aromatic rings. The molecule has 5 heteroatoms. The van der Waals surface area contributed by atoms with Gasteiger partial charge >= 0.3 is 0 Å². The van der Waals surface area contributed by atoms with Crippen LogP contribution in [0.2, 0.25) is 0 Å². The summed E-state index contributed by atoms with van der Waals surface area (Å²) < 4.78 is 5.24. The molecule has 0 atom stereocenters. The van der Waals surface area contributed by atoms with Crippen LogP contribution in [0.1, 0.15) is 11.4 Å². The molecule has 0 saturated carbocycles. The minimum Gasteiger partial charge on any atom is -0.356 e. The van der Waals surface area contributed by atoms with E-state index in [1.807, 2.05) is 61.5 Å². The van der Waals surface area contributed by atoms with Crippen molar-refractivity contribution in [2.24, 2.45) is 0 Å². The van der Waals surface area contributed by atoms with E-state index < -0.39 is 0 Å². The van der Waals surface area contributed by atoms with E-state index in [0.717, 1.165) is 22.0 Å². The van der Waals surface area contributed by atoms with Gasteiger partial charge in [0.1, 0.15) is 5.69 Å². The van der Waals surface area contributed by atoms with E-state index in [4.69, 9.17) is 4.52 Å². The quantitative estimate of drug-likeness (QED) is 0.623. The number of hydrogen-bond acceptors (Lipinski definition) is 4. The number of fused-ring (bicyclic) bond motifs is 2. The summed E-state index contributed by atoms with van der Waals surface area (Å²) in [5.41, 5.74) is 3.71. The Morgan fingerprint density at radius 3 is 2.88 bits per heavy atom. The zero-order chi connectivity index (χ0) is 16.5. The van der Waals surface area contributed by atoms with Gasteiger partial charge in [-0.2, -0.15) is 0 Å². The monoisotopic (exact) mass is 317 g/mol. The highest BCUT2D eigenvalue weighted by molar-refractivity contribution is 6.01. The maximum Gasteiger partial charge on any atom is 0.230 e. The van der Waals surface area contributed by atoms with Crippen LogP contribution < -0.4 is 5.32 Å². The number of anilines is 1. The summed E-state index contributed by atoms with van der Waals surface area (Å²) in [6, 6.07) is 17.2. The van der Waals surface area contributed by atoms with E-state index in [1.165, 1.54) is 0 Å². The first-order chi connectivity index (χ1) is 11.7. The molecule has 1 N–H and O–H groups in total. The number of pyridine rings is 1. The lowest BCUT2D eigenvalue weighted by Crippen LogP contribution is -2.15. The Morgan fingerprint density at radius 1 is 1.08 bits per heavy atom. The van der Waals surface area contributed by atoms with Gasteiger partial charge in [-0.1, -0.05) is 35.5 Å². The van der Waals surface area contributed by atoms with E-state index in [-0.39, 0.29) is 12.3 Å². The largest absolute Gasteiger partial charge is 0.356 e. The Labute approximate surface area is 138 Å². The Hall–Kier alpha value is -3.21. The minimum atomic E-state index is -0.148. The fourth-order valence-electron chi connectivity index (χ4n) is 2.76. The summed E-state index contributed by atoms with van der Waals surface area (Å²) in [5.74, 6) is -0.148. The van der Waals surface area contributed by atoms with Gasteiger partial charge in [0.15, 0.2) is 5.58 Å². The van der Waals surface area contributed by atoms with Gasteiger partial charge in [-0.05, 0) is 31.2 Å². The van der Waals surface area contributed by atoms with Crippen LogP contribution >= 0.6 is 0 Å². The highest BCUT2D eigenvalue weighted by Crippen LogP contribution is 2.23. The molecule has 24 heavy (non-hydrogen) atoms. The van der Waals surface area contributed by atoms with Crippen LogP contribution in [0.15, 0.2) is 59.1 Å². The zero-order valence-electron chi connectivity index (χ0n) is 13.1. The molecule has 2 aromatic carbocycles. The van der Waals surface area contributed by atoms with Crippen molar-refractivity contribution in [1.29, 1.82) is 0 Å². The molecule has 1 amide bonds. The van der Waals surface area contributed by atoms with Crippen molar-refractivity contribution in [3.05, 3.63) is 66.0 Å². The number of carbonyl (C=O) groups excluding carboxylic acids is 1. The zero-order valence-corrected chi connectivity index (χ0v) is 13.1. The van der Waals surface area contributed by atoms with Crippen molar-refractivity contribution in [3.8, 4) is 0 Å². The number of hydrogen-bond donors (Lipinski definition) is 1. The lowest BCUT2D eigenvalue weighted by atomic mass is 10.1. The third-order valence-electron chi connectivity index (χ3n) is 3.91. The SMILES string of the molecule is Cc1ccc2cccc(NC(=O)Cc3noc4ccccc34)c2n1. The van der Waals surface area contributed by atoms with Crippen LogP contribution in [-0.4, -0.2) is 16.0 Å². The topological polar surface area (TPSA) is 68.0 Å². The van der Waals surface area contributed by atoms with Crippen LogP contribution in [0.5, 0.6) is 0 Å². The molecule has 0 radical (unpaired) electrons. The van der Waals surface area contributed by atoms with Crippen molar-refractivity contribution in [2.45, 2.75) is 13.3 Å². The first-order valence-corrected chi connectivity index (χ1v) is 7.70. The third kappa shape index (κ3) is 2.60. The van der Waals surface area contributed by atoms with Crippen molar-refractivity contribution >= 4 is 33.5 Å². The van der Waals surface area contributed by atoms with Crippen LogP contribution in [0.3, 0.4) is 0 Å². The number of benzene rings is 2. The van der Waals surface area contributed by atoms with E-state index in [2.05, 4.69) is 15.5 Å². The maximum atomic E-state index is 12.4. The lowest BCUT2D eigenvalue weighted by Gasteiger charge is -2.08. The Kier molecular flexibility index (Phi) is 3.46. The molecule has 0 spiro atoms. The predicted molar refractivity (Wildman–Crippen MR) is 92.8 cm³/mol. The number of nitrogens with zero attached hydrogens (tertiary/aromatic N) is 2. The van der Waals surface area contributed by atoms with Gasteiger partial charge in [0.25, 0.3) is 0 Å². The first kappa shape index (κ1) is 14.4. The second-order valence-electron chi connectivity index (χ2n) is 5.68. The van der Waals surface area contributed by atoms with Crippen LogP contribution in [0, 0.1) is 6.92 Å². The van der Waals surface area contributed by atoms with E-state index >= 15 is 0 Å². The average Bonchev–Trinajstić information content (AvgIpc) is 2.98. The summed E-state index contributed by atoms with van der Waals surface area (Å²) >= 11 is 0. The maximum absolute atomic E-state index is 12.4. The van der Waals surface area contributed by atoms with E-state index in [0.29, 0.717) is 17.0 Å². The Bertz CT molecular complexity index is 1050. The second-order valence-corrected chi connectivity index (χ2v) is 5.68. The summed E-state index contributed by atoms with van der Waals surface area (Å²) in [4.78, 5) is 17.0. The van der Waals surface area contributed by atoms with Gasteiger partial charge < -0.3 is 9.84 Å². The summed E-state index contributed by atoms with van der Waals surface area (Å²) in [6.07, 6.45) is 0.152. The van der Waals surface area contributed by atoms with Crippen molar-refractivity contribution < 1.29 is 9.32 Å². The number of aromatic nitrogens is 2. The molecule has 0 aliphatic carbocycles. The molecule has 0 aliphatic rings. The Balaban J connectivity index is 1.61. The molecule has 118 valence electrons. The third-order valence-corrected chi connectivity index (χ3v) is 3.91. The van der Waals surface area contributed by atoms with Crippen LogP contribution in [-0.2, 0) is 11.2 Å². The molecule has 0 fully saturated rings. The number of rotatable bonds is 3. The van der Waals surface area contributed by atoms with Crippen LogP contribution in [0.4, 0.5) is 5.69 Å². The number of nitrogens with one attached hydrogen (secondary N) is 1. The molecule has 2 aromatic heterocycles. The minimum absolute atomic E-state index is 0.148. The van der Waals surface area contributed by atoms with Crippen molar-refractivity contribution in [3.63, 3.8) is 0 Å². The van der Waals surface area contributed by atoms with E-state index in [1.54, 1.807) is 0 Å². The molecule has 4 rings (SSSR count).